The number of rotatable bonds is 7. The Morgan fingerprint density at radius 1 is 1.21 bits per heavy atom. The van der Waals surface area contributed by atoms with E-state index >= 15 is 0 Å². The summed E-state index contributed by atoms with van der Waals surface area (Å²) in [5.74, 6) is 0.197. The first-order valence-corrected chi connectivity index (χ1v) is 12.5. The highest BCUT2D eigenvalue weighted by molar-refractivity contribution is 7.99. The standard InChI is InChI=1S/C26H28F2N2O3S/c1-15-11-12-23(33-25(27)28)19(13-15)22(31)14-34-26-29-20-9-5-4-8-18(20)24(32)30(26)21-10-6-7-16(2)17(21)3/h4-5,8-9,11-13,16-17,21,25H,6-7,10,14H2,1-3H3/t16-,17-,21-/m0/s1. The molecule has 1 aliphatic carbocycles. The van der Waals surface area contributed by atoms with E-state index in [2.05, 4.69) is 18.6 Å². The Kier molecular flexibility index (Phi) is 7.36. The number of alkyl halides is 2. The van der Waals surface area contributed by atoms with Crippen molar-refractivity contribution in [2.75, 3.05) is 5.75 Å². The highest BCUT2D eigenvalue weighted by atomic mass is 32.2. The molecule has 0 N–H and O–H groups in total. The van der Waals surface area contributed by atoms with Crippen LogP contribution < -0.4 is 10.3 Å². The van der Waals surface area contributed by atoms with Gasteiger partial charge >= 0.3 is 6.61 Å². The second-order valence-electron chi connectivity index (χ2n) is 9.01. The molecule has 1 aliphatic rings. The quantitative estimate of drug-likeness (QED) is 0.223. The lowest BCUT2D eigenvalue weighted by atomic mass is 9.78. The van der Waals surface area contributed by atoms with Crippen molar-refractivity contribution in [3.63, 3.8) is 0 Å². The smallest absolute Gasteiger partial charge is 0.387 e. The molecule has 0 bridgehead atoms. The number of hydrogen-bond donors (Lipinski definition) is 0. The number of Topliss-reactive ketones (excluding diaryl/α,β-unsaturated/α-hetero) is 1. The number of thioether (sulfide) groups is 1. The van der Waals surface area contributed by atoms with Crippen molar-refractivity contribution in [1.29, 1.82) is 0 Å². The number of hydrogen-bond acceptors (Lipinski definition) is 5. The van der Waals surface area contributed by atoms with Gasteiger partial charge in [0.1, 0.15) is 5.75 Å². The summed E-state index contributed by atoms with van der Waals surface area (Å²) < 4.78 is 32.0. The minimum atomic E-state index is -3.02. The zero-order chi connectivity index (χ0) is 24.4. The van der Waals surface area contributed by atoms with Crippen LogP contribution in [0.3, 0.4) is 0 Å². The average molecular weight is 487 g/mol. The number of para-hydroxylation sites is 1. The van der Waals surface area contributed by atoms with Crippen molar-refractivity contribution in [2.24, 2.45) is 11.8 Å². The van der Waals surface area contributed by atoms with Gasteiger partial charge in [-0.15, -0.1) is 0 Å². The van der Waals surface area contributed by atoms with Crippen LogP contribution in [0, 0.1) is 18.8 Å². The maximum atomic E-state index is 13.6. The van der Waals surface area contributed by atoms with E-state index in [-0.39, 0.29) is 40.4 Å². The van der Waals surface area contributed by atoms with Crippen LogP contribution in [0.15, 0.2) is 52.4 Å². The summed E-state index contributed by atoms with van der Waals surface area (Å²) in [5.41, 5.74) is 1.33. The number of aryl methyl sites for hydroxylation is 1. The van der Waals surface area contributed by atoms with Crippen LogP contribution in [0.1, 0.15) is 55.1 Å². The third kappa shape index (κ3) is 5.02. The number of aromatic nitrogens is 2. The molecule has 0 aliphatic heterocycles. The van der Waals surface area contributed by atoms with E-state index in [1.807, 2.05) is 12.1 Å². The topological polar surface area (TPSA) is 61.2 Å². The second-order valence-corrected chi connectivity index (χ2v) is 9.95. The van der Waals surface area contributed by atoms with Crippen LogP contribution in [0.4, 0.5) is 8.78 Å². The largest absolute Gasteiger partial charge is 0.434 e. The fourth-order valence-corrected chi connectivity index (χ4v) is 5.64. The maximum Gasteiger partial charge on any atom is 0.387 e. The lowest BCUT2D eigenvalue weighted by molar-refractivity contribution is -0.0501. The molecule has 5 nitrogen and oxygen atoms in total. The van der Waals surface area contributed by atoms with Gasteiger partial charge in [0.25, 0.3) is 5.56 Å². The van der Waals surface area contributed by atoms with Gasteiger partial charge in [-0.05, 0) is 49.4 Å². The summed E-state index contributed by atoms with van der Waals surface area (Å²) in [7, 11) is 0. The van der Waals surface area contributed by atoms with Crippen molar-refractivity contribution < 1.29 is 18.3 Å². The molecule has 3 aromatic rings. The molecular formula is C26H28F2N2O3S. The Hall–Kier alpha value is -2.74. The third-order valence-electron chi connectivity index (χ3n) is 6.75. The maximum absolute atomic E-state index is 13.6. The molecule has 4 rings (SSSR count). The molecule has 34 heavy (non-hydrogen) atoms. The molecule has 0 spiro atoms. The van der Waals surface area contributed by atoms with Gasteiger partial charge in [0.15, 0.2) is 10.9 Å². The van der Waals surface area contributed by atoms with Gasteiger partial charge in [-0.25, -0.2) is 4.98 Å². The Morgan fingerprint density at radius 2 is 1.97 bits per heavy atom. The zero-order valence-electron chi connectivity index (χ0n) is 19.5. The van der Waals surface area contributed by atoms with Crippen molar-refractivity contribution >= 4 is 28.4 Å². The first-order valence-electron chi connectivity index (χ1n) is 11.5. The van der Waals surface area contributed by atoms with Crippen LogP contribution in [0.25, 0.3) is 10.9 Å². The molecule has 180 valence electrons. The monoisotopic (exact) mass is 486 g/mol. The Balaban J connectivity index is 1.70. The number of fused-ring (bicyclic) bond motifs is 1. The van der Waals surface area contributed by atoms with E-state index in [9.17, 15) is 18.4 Å². The summed E-state index contributed by atoms with van der Waals surface area (Å²) in [6.45, 7) is 3.12. The summed E-state index contributed by atoms with van der Waals surface area (Å²) in [4.78, 5) is 31.4. The molecule has 2 aromatic carbocycles. The first kappa shape index (κ1) is 24.4. The van der Waals surface area contributed by atoms with Crippen LogP contribution in [-0.2, 0) is 0 Å². The first-order chi connectivity index (χ1) is 16.3. The number of carbonyl (C=O) groups excluding carboxylic acids is 1. The molecule has 0 amide bonds. The normalized spacial score (nSPS) is 20.6. The van der Waals surface area contributed by atoms with Crippen molar-refractivity contribution in [1.82, 2.24) is 9.55 Å². The lowest BCUT2D eigenvalue weighted by Crippen LogP contribution is -2.35. The van der Waals surface area contributed by atoms with Gasteiger partial charge in [-0.2, -0.15) is 8.78 Å². The fraction of sp³-hybridized carbons (Fsp3) is 0.423. The molecular weight excluding hydrogens is 458 g/mol. The number of ether oxygens (including phenoxy) is 1. The van der Waals surface area contributed by atoms with E-state index in [0.29, 0.717) is 22.0 Å². The van der Waals surface area contributed by atoms with E-state index < -0.39 is 6.61 Å². The van der Waals surface area contributed by atoms with Gasteiger partial charge in [-0.1, -0.05) is 62.2 Å². The molecule has 1 heterocycles. The highest BCUT2D eigenvalue weighted by Crippen LogP contribution is 2.39. The molecule has 8 heteroatoms. The predicted molar refractivity (Wildman–Crippen MR) is 130 cm³/mol. The second kappa shape index (κ2) is 10.3. The van der Waals surface area contributed by atoms with Crippen LogP contribution >= 0.6 is 11.8 Å². The third-order valence-corrected chi connectivity index (χ3v) is 7.71. The molecule has 0 unspecified atom stereocenters. The zero-order valence-corrected chi connectivity index (χ0v) is 20.3. The summed E-state index contributed by atoms with van der Waals surface area (Å²) in [6, 6.07) is 11.7. The summed E-state index contributed by atoms with van der Waals surface area (Å²) in [5, 5.41) is 1.03. The number of halogens is 2. The van der Waals surface area contributed by atoms with Gasteiger partial charge in [0, 0.05) is 6.04 Å². The Morgan fingerprint density at radius 3 is 2.74 bits per heavy atom. The van der Waals surface area contributed by atoms with Gasteiger partial charge in [-0.3, -0.25) is 14.2 Å². The minimum Gasteiger partial charge on any atom is -0.434 e. The van der Waals surface area contributed by atoms with Crippen LogP contribution in [0.5, 0.6) is 5.75 Å². The molecule has 3 atom stereocenters. The van der Waals surface area contributed by atoms with Crippen molar-refractivity contribution in [3.05, 3.63) is 63.9 Å². The number of nitrogens with zero attached hydrogens (tertiary/aromatic N) is 2. The molecule has 1 saturated carbocycles. The molecule has 1 fully saturated rings. The molecule has 0 radical (unpaired) electrons. The molecule has 0 saturated heterocycles. The summed E-state index contributed by atoms with van der Waals surface area (Å²) in [6.07, 6.45) is 3.02. The van der Waals surface area contributed by atoms with Crippen LogP contribution in [-0.4, -0.2) is 27.7 Å². The highest BCUT2D eigenvalue weighted by Gasteiger charge is 2.31. The minimum absolute atomic E-state index is 0.0114. The fourth-order valence-electron chi connectivity index (χ4n) is 4.71. The van der Waals surface area contributed by atoms with Crippen molar-refractivity contribution in [3.8, 4) is 5.75 Å². The van der Waals surface area contributed by atoms with E-state index in [4.69, 9.17) is 4.98 Å². The van der Waals surface area contributed by atoms with Gasteiger partial charge in [0.05, 0.1) is 22.2 Å². The van der Waals surface area contributed by atoms with E-state index in [0.717, 1.165) is 24.8 Å². The Labute approximate surface area is 201 Å². The predicted octanol–water partition coefficient (Wildman–Crippen LogP) is 6.28. The lowest BCUT2D eigenvalue weighted by Gasteiger charge is -2.36. The Bertz CT molecular complexity index is 1260. The molecule has 1 aromatic heterocycles. The van der Waals surface area contributed by atoms with E-state index in [1.165, 1.54) is 17.8 Å². The number of benzene rings is 2. The number of carbonyl (C=O) groups is 1. The van der Waals surface area contributed by atoms with Crippen LogP contribution in [0.2, 0.25) is 0 Å². The SMILES string of the molecule is Cc1ccc(OC(F)F)c(C(=O)CSc2nc3ccccc3c(=O)n2[C@H]2CCC[C@H](C)[C@@H]2C)c1. The number of ketones is 1. The van der Waals surface area contributed by atoms with Crippen molar-refractivity contribution in [2.45, 2.75) is 57.8 Å². The average Bonchev–Trinajstić information content (AvgIpc) is 2.81. The summed E-state index contributed by atoms with van der Waals surface area (Å²) >= 11 is 1.17. The van der Waals surface area contributed by atoms with E-state index in [1.54, 1.807) is 35.8 Å². The van der Waals surface area contributed by atoms with Gasteiger partial charge in [0.2, 0.25) is 0 Å². The van der Waals surface area contributed by atoms with Gasteiger partial charge < -0.3 is 4.74 Å².